The van der Waals surface area contributed by atoms with Crippen molar-refractivity contribution in [3.8, 4) is 6.07 Å². The van der Waals surface area contributed by atoms with Gasteiger partial charge in [-0.15, -0.1) is 0 Å². The molecule has 19 heavy (non-hydrogen) atoms. The molecule has 1 aliphatic rings. The lowest BCUT2D eigenvalue weighted by molar-refractivity contribution is 0.170. The molecule has 1 fully saturated rings. The Hall–Kier alpha value is -1.33. The second kappa shape index (κ2) is 4.98. The van der Waals surface area contributed by atoms with Gasteiger partial charge in [0.1, 0.15) is 0 Å². The minimum Gasteiger partial charge on any atom is -0.297 e. The summed E-state index contributed by atoms with van der Waals surface area (Å²) in [5.74, 6) is 0.463. The largest absolute Gasteiger partial charge is 0.297 e. The predicted octanol–water partition coefficient (Wildman–Crippen LogP) is 3.64. The van der Waals surface area contributed by atoms with Crippen LogP contribution in [0.25, 0.3) is 0 Å². The Bertz CT molecular complexity index is 505. The summed E-state index contributed by atoms with van der Waals surface area (Å²) in [6, 6.07) is 9.12. The highest BCUT2D eigenvalue weighted by molar-refractivity contribution is 5.35. The molecule has 0 spiro atoms. The number of hydrogen-bond acceptors (Lipinski definition) is 2. The lowest BCUT2D eigenvalue weighted by Gasteiger charge is -2.31. The molecule has 0 amide bonds. The van der Waals surface area contributed by atoms with E-state index in [0.717, 1.165) is 13.1 Å². The van der Waals surface area contributed by atoms with Crippen molar-refractivity contribution in [2.45, 2.75) is 46.1 Å². The van der Waals surface area contributed by atoms with Crippen LogP contribution in [0.1, 0.15) is 43.4 Å². The first kappa shape index (κ1) is 14.1. The molecule has 1 heterocycles. The maximum absolute atomic E-state index is 9.45. The predicted molar refractivity (Wildman–Crippen MR) is 79.1 cm³/mol. The van der Waals surface area contributed by atoms with Crippen LogP contribution in [-0.4, -0.2) is 23.5 Å². The molecule has 1 aliphatic heterocycles. The summed E-state index contributed by atoms with van der Waals surface area (Å²) in [6.45, 7) is 12.8. The lowest BCUT2D eigenvalue weighted by atomic mass is 9.87. The first-order valence-corrected chi connectivity index (χ1v) is 7.04. The Morgan fingerprint density at radius 3 is 2.42 bits per heavy atom. The minimum absolute atomic E-state index is 0.112. The molecule has 2 atom stereocenters. The second-order valence-corrected chi connectivity index (χ2v) is 6.78. The summed E-state index contributed by atoms with van der Waals surface area (Å²) in [4.78, 5) is 2.44. The van der Waals surface area contributed by atoms with E-state index in [0.29, 0.717) is 5.92 Å². The van der Waals surface area contributed by atoms with Crippen LogP contribution in [0.5, 0.6) is 0 Å². The molecule has 102 valence electrons. The van der Waals surface area contributed by atoms with Crippen LogP contribution in [0.15, 0.2) is 18.2 Å². The fraction of sp³-hybridized carbons (Fsp3) is 0.588. The van der Waals surface area contributed by atoms with E-state index in [1.54, 1.807) is 0 Å². The van der Waals surface area contributed by atoms with Crippen LogP contribution in [0, 0.1) is 31.1 Å². The molecular weight excluding hydrogens is 232 g/mol. The van der Waals surface area contributed by atoms with Crippen molar-refractivity contribution in [1.29, 1.82) is 5.26 Å². The van der Waals surface area contributed by atoms with Gasteiger partial charge in [0, 0.05) is 24.5 Å². The topological polar surface area (TPSA) is 27.0 Å². The quantitative estimate of drug-likeness (QED) is 0.767. The Morgan fingerprint density at radius 1 is 1.21 bits per heavy atom. The normalized spacial score (nSPS) is 24.4. The van der Waals surface area contributed by atoms with Crippen LogP contribution >= 0.6 is 0 Å². The van der Waals surface area contributed by atoms with Gasteiger partial charge >= 0.3 is 0 Å². The van der Waals surface area contributed by atoms with Crippen molar-refractivity contribution in [2.75, 3.05) is 13.1 Å². The van der Waals surface area contributed by atoms with Gasteiger partial charge in [-0.05, 0) is 45.7 Å². The van der Waals surface area contributed by atoms with Crippen LogP contribution in [-0.2, 0) is 0 Å². The van der Waals surface area contributed by atoms with E-state index < -0.39 is 0 Å². The van der Waals surface area contributed by atoms with Crippen molar-refractivity contribution >= 4 is 0 Å². The van der Waals surface area contributed by atoms with Gasteiger partial charge in [-0.3, -0.25) is 4.90 Å². The van der Waals surface area contributed by atoms with Crippen LogP contribution < -0.4 is 0 Å². The van der Waals surface area contributed by atoms with Crippen LogP contribution in [0.3, 0.4) is 0 Å². The summed E-state index contributed by atoms with van der Waals surface area (Å²) in [7, 11) is 0. The highest BCUT2D eigenvalue weighted by atomic mass is 15.2. The monoisotopic (exact) mass is 256 g/mol. The molecular formula is C17H24N2. The Morgan fingerprint density at radius 2 is 1.89 bits per heavy atom. The first-order valence-electron chi connectivity index (χ1n) is 7.04. The number of aryl methyl sites for hydroxylation is 2. The maximum atomic E-state index is 9.45. The number of benzene rings is 1. The zero-order valence-corrected chi connectivity index (χ0v) is 12.7. The van der Waals surface area contributed by atoms with Crippen molar-refractivity contribution in [3.63, 3.8) is 0 Å². The van der Waals surface area contributed by atoms with Gasteiger partial charge in [0.15, 0.2) is 0 Å². The van der Waals surface area contributed by atoms with Crippen molar-refractivity contribution in [3.05, 3.63) is 34.9 Å². The molecule has 1 aromatic carbocycles. The molecule has 0 N–H and O–H groups in total. The molecule has 0 unspecified atom stereocenters. The van der Waals surface area contributed by atoms with Crippen molar-refractivity contribution in [2.24, 2.45) is 5.92 Å². The first-order chi connectivity index (χ1) is 8.82. The molecule has 1 aromatic rings. The van der Waals surface area contributed by atoms with E-state index >= 15 is 0 Å². The van der Waals surface area contributed by atoms with Gasteiger partial charge in [-0.25, -0.2) is 0 Å². The molecule has 0 aromatic heterocycles. The molecule has 0 radical (unpaired) electrons. The molecule has 2 rings (SSSR count). The molecule has 2 heteroatoms. The second-order valence-electron chi connectivity index (χ2n) is 6.78. The molecule has 1 saturated heterocycles. The average Bonchev–Trinajstić information content (AvgIpc) is 2.72. The summed E-state index contributed by atoms with van der Waals surface area (Å²) in [5.41, 5.74) is 4.10. The fourth-order valence-corrected chi connectivity index (χ4v) is 3.04. The average molecular weight is 256 g/mol. The van der Waals surface area contributed by atoms with Gasteiger partial charge < -0.3 is 0 Å². The summed E-state index contributed by atoms with van der Waals surface area (Å²) >= 11 is 0. The smallest absolute Gasteiger partial charge is 0.0676 e. The van der Waals surface area contributed by atoms with Gasteiger partial charge in [-0.2, -0.15) is 5.26 Å². The number of likely N-dealkylation sites (tertiary alicyclic amines) is 1. The van der Waals surface area contributed by atoms with Crippen LogP contribution in [0.2, 0.25) is 0 Å². The van der Waals surface area contributed by atoms with Gasteiger partial charge in [0.25, 0.3) is 0 Å². The Kier molecular flexibility index (Phi) is 3.69. The Balaban J connectivity index is 2.31. The minimum atomic E-state index is 0.112. The Labute approximate surface area is 117 Å². The molecule has 0 bridgehead atoms. The highest BCUT2D eigenvalue weighted by Crippen LogP contribution is 2.37. The van der Waals surface area contributed by atoms with Crippen LogP contribution in [0.4, 0.5) is 0 Å². The van der Waals surface area contributed by atoms with Gasteiger partial charge in [-0.1, -0.05) is 23.8 Å². The lowest BCUT2D eigenvalue weighted by Crippen LogP contribution is -2.39. The zero-order chi connectivity index (χ0) is 14.2. The van der Waals surface area contributed by atoms with Gasteiger partial charge in [0.05, 0.1) is 12.0 Å². The van der Waals surface area contributed by atoms with E-state index in [1.807, 2.05) is 0 Å². The third-order valence-electron chi connectivity index (χ3n) is 4.26. The van der Waals surface area contributed by atoms with Crippen molar-refractivity contribution in [1.82, 2.24) is 4.90 Å². The number of nitrogens with zero attached hydrogens (tertiary/aromatic N) is 2. The van der Waals surface area contributed by atoms with Crippen molar-refractivity contribution < 1.29 is 0 Å². The number of nitriles is 1. The van der Waals surface area contributed by atoms with E-state index in [1.165, 1.54) is 16.7 Å². The zero-order valence-electron chi connectivity index (χ0n) is 12.7. The van der Waals surface area contributed by atoms with Gasteiger partial charge in [0.2, 0.25) is 0 Å². The highest BCUT2D eigenvalue weighted by Gasteiger charge is 2.38. The van der Waals surface area contributed by atoms with E-state index in [-0.39, 0.29) is 11.5 Å². The summed E-state index contributed by atoms with van der Waals surface area (Å²) in [5, 5.41) is 9.45. The standard InChI is InChI=1S/C17H24N2/c1-12-6-7-15(13(2)8-12)16-11-19(17(3,4)5)10-14(16)9-18/h6-8,14,16H,10-11H2,1-5H3/t14-,16-/m0/s1. The SMILES string of the molecule is Cc1ccc([C@H]2CN(C(C)(C)C)C[C@@H]2C#N)c(C)c1. The third kappa shape index (κ3) is 2.82. The summed E-state index contributed by atoms with van der Waals surface area (Å²) in [6.07, 6.45) is 0. The van der Waals surface area contributed by atoms with E-state index in [2.05, 4.69) is 63.8 Å². The maximum Gasteiger partial charge on any atom is 0.0676 e. The molecule has 2 nitrogen and oxygen atoms in total. The third-order valence-corrected chi connectivity index (χ3v) is 4.26. The fourth-order valence-electron chi connectivity index (χ4n) is 3.04. The number of hydrogen-bond donors (Lipinski definition) is 0. The number of rotatable bonds is 1. The van der Waals surface area contributed by atoms with E-state index in [4.69, 9.17) is 0 Å². The summed E-state index contributed by atoms with van der Waals surface area (Å²) < 4.78 is 0. The molecule has 0 saturated carbocycles. The molecule has 0 aliphatic carbocycles. The van der Waals surface area contributed by atoms with E-state index in [9.17, 15) is 5.26 Å².